The Kier molecular flexibility index (Phi) is 7.52. The van der Waals surface area contributed by atoms with Gasteiger partial charge in [0.1, 0.15) is 5.69 Å². The first-order valence-electron chi connectivity index (χ1n) is 13.3. The van der Waals surface area contributed by atoms with Gasteiger partial charge in [-0.05, 0) is 30.1 Å². The number of carbonyl (C=O) groups excluding carboxylic acids is 4. The lowest BCUT2D eigenvalue weighted by atomic mass is 9.51. The Balaban J connectivity index is 1.46. The van der Waals surface area contributed by atoms with Crippen LogP contribution in [-0.2, 0) is 30.1 Å². The topological polar surface area (TPSA) is 125 Å². The van der Waals surface area contributed by atoms with E-state index in [2.05, 4.69) is 15.3 Å². The molecule has 3 aliphatic rings. The summed E-state index contributed by atoms with van der Waals surface area (Å²) >= 11 is 1.55. The molecule has 12 heteroatoms. The van der Waals surface area contributed by atoms with Crippen molar-refractivity contribution >= 4 is 42.1 Å². The lowest BCUT2D eigenvalue weighted by molar-refractivity contribution is -0.840. The first-order valence-corrected chi connectivity index (χ1v) is 14.5. The fourth-order valence-electron chi connectivity index (χ4n) is 6.46. The maximum atomic E-state index is 14.0. The highest BCUT2D eigenvalue weighted by Crippen LogP contribution is 2.53. The van der Waals surface area contributed by atoms with Crippen LogP contribution in [-0.4, -0.2) is 81.4 Å². The molecule has 0 radical (unpaired) electrons. The highest BCUT2D eigenvalue weighted by atomic mass is 32.2. The summed E-state index contributed by atoms with van der Waals surface area (Å²) in [6.07, 6.45) is 5.00. The van der Waals surface area contributed by atoms with Gasteiger partial charge in [0.25, 0.3) is 5.91 Å². The van der Waals surface area contributed by atoms with E-state index in [1.807, 2.05) is 51.2 Å². The van der Waals surface area contributed by atoms with Gasteiger partial charge >= 0.3 is 18.6 Å². The smallest absolute Gasteiger partial charge is 0.587 e. The van der Waals surface area contributed by atoms with Gasteiger partial charge in [-0.2, -0.15) is 0 Å². The fourth-order valence-corrected chi connectivity index (χ4v) is 7.96. The number of hydrogen-bond acceptors (Lipinski definition) is 9. The average Bonchev–Trinajstić information content (AvgIpc) is 3.28. The minimum absolute atomic E-state index is 0.0165. The average molecular weight is 552 g/mol. The highest BCUT2D eigenvalue weighted by Gasteiger charge is 2.76. The number of ketones is 1. The van der Waals surface area contributed by atoms with Crippen LogP contribution in [0.1, 0.15) is 42.7 Å². The van der Waals surface area contributed by atoms with Gasteiger partial charge in [0.2, 0.25) is 0 Å². The third-order valence-corrected chi connectivity index (χ3v) is 9.49. The monoisotopic (exact) mass is 552 g/mol. The van der Waals surface area contributed by atoms with Gasteiger partial charge in [-0.15, -0.1) is 11.8 Å². The number of benzene rings is 1. The molecule has 0 spiro atoms. The van der Waals surface area contributed by atoms with Crippen LogP contribution in [0.25, 0.3) is 0 Å². The highest BCUT2D eigenvalue weighted by molar-refractivity contribution is 7.99. The molecule has 2 aromatic rings. The predicted octanol–water partition coefficient (Wildman–Crippen LogP) is 2.18. The Labute approximate surface area is 231 Å². The van der Waals surface area contributed by atoms with E-state index < -0.39 is 36.5 Å². The van der Waals surface area contributed by atoms with Gasteiger partial charge < -0.3 is 19.0 Å². The van der Waals surface area contributed by atoms with Gasteiger partial charge in [0.05, 0.1) is 23.7 Å². The molecule has 1 aromatic carbocycles. The van der Waals surface area contributed by atoms with Gasteiger partial charge in [-0.1, -0.05) is 50.6 Å². The Hall–Kier alpha value is -3.25. The molecule has 1 aromatic heterocycles. The first kappa shape index (κ1) is 27.3. The second-order valence-electron chi connectivity index (χ2n) is 11.3. The van der Waals surface area contributed by atoms with Crippen LogP contribution in [0.2, 0.25) is 5.82 Å². The fraction of sp³-hybridized carbons (Fsp3) is 0.481. The predicted molar refractivity (Wildman–Crippen MR) is 145 cm³/mol. The molecule has 206 valence electrons. The Bertz CT molecular complexity index is 1240. The second-order valence-corrected chi connectivity index (χ2v) is 12.3. The van der Waals surface area contributed by atoms with Crippen molar-refractivity contribution in [3.05, 3.63) is 60.2 Å². The maximum absolute atomic E-state index is 14.0. The zero-order chi connectivity index (χ0) is 27.8. The number of likely N-dealkylation sites (N-methyl/N-ethyl adjacent to an activating group) is 1. The SMILES string of the molecule is CC(C)C[C@H](CC(=O)[C@H](Cc1ccccc1)NC(=O)c1cnccn1)[B-]12OC(=O)[C@H]3CSC[C@H](C(=O)O1)[N+]32C. The zero-order valence-electron chi connectivity index (χ0n) is 22.3. The number of aromatic nitrogens is 2. The van der Waals surface area contributed by atoms with Crippen LogP contribution in [0.5, 0.6) is 0 Å². The summed E-state index contributed by atoms with van der Waals surface area (Å²) in [5, 5.41) is 2.85. The van der Waals surface area contributed by atoms with Crippen molar-refractivity contribution in [1.82, 2.24) is 15.3 Å². The third-order valence-electron chi connectivity index (χ3n) is 8.39. The van der Waals surface area contributed by atoms with Gasteiger partial charge in [0, 0.05) is 19.4 Å². The van der Waals surface area contributed by atoms with Crippen LogP contribution in [0.15, 0.2) is 48.9 Å². The van der Waals surface area contributed by atoms with Crippen LogP contribution in [0.4, 0.5) is 0 Å². The van der Waals surface area contributed by atoms with Crippen molar-refractivity contribution in [3.63, 3.8) is 0 Å². The Morgan fingerprint density at radius 1 is 1.10 bits per heavy atom. The van der Waals surface area contributed by atoms with Gasteiger partial charge in [-0.25, -0.2) is 14.6 Å². The van der Waals surface area contributed by atoms with E-state index in [1.54, 1.807) is 11.8 Å². The minimum Gasteiger partial charge on any atom is -0.600 e. The molecule has 10 nitrogen and oxygen atoms in total. The van der Waals surface area contributed by atoms with Crippen LogP contribution in [0.3, 0.4) is 0 Å². The molecule has 39 heavy (non-hydrogen) atoms. The summed E-state index contributed by atoms with van der Waals surface area (Å²) in [6.45, 7) is 1.58. The number of amides is 1. The van der Waals surface area contributed by atoms with Gasteiger partial charge in [-0.3, -0.25) is 14.6 Å². The molecular formula is C27H33BN4O6S. The Morgan fingerprint density at radius 2 is 1.77 bits per heavy atom. The van der Waals surface area contributed by atoms with Crippen molar-refractivity contribution in [1.29, 1.82) is 0 Å². The van der Waals surface area contributed by atoms with E-state index in [0.717, 1.165) is 5.56 Å². The first-order chi connectivity index (χ1) is 18.7. The molecular weight excluding hydrogens is 519 g/mol. The van der Waals surface area contributed by atoms with Crippen LogP contribution < -0.4 is 5.32 Å². The molecule has 0 unspecified atom stereocenters. The molecule has 1 amide bonds. The summed E-state index contributed by atoms with van der Waals surface area (Å²) in [4.78, 5) is 61.2. The van der Waals surface area contributed by atoms with Crippen molar-refractivity contribution < 1.29 is 32.9 Å². The molecule has 3 aliphatic heterocycles. The number of Topliss-reactive ketones (excluding diaryl/α,β-unsaturated/α-hetero) is 1. The lowest BCUT2D eigenvalue weighted by Gasteiger charge is -2.51. The molecule has 0 bridgehead atoms. The van der Waals surface area contributed by atoms with Crippen molar-refractivity contribution in [2.75, 3.05) is 18.6 Å². The number of nitrogens with zero attached hydrogens (tertiary/aromatic N) is 3. The molecule has 5 rings (SSSR count). The third kappa shape index (κ3) is 4.84. The standard InChI is InChI=1S/C27H33BN4O6S/c1-17(2)11-19(28-32(3)22(26(35)37-28)15-39-16-23(32)27(36)38-28)13-24(33)20(12-18-7-5-4-6-8-18)31-25(34)21-14-29-9-10-30-21/h4-10,14,17,19-20,22-23H,11-13,15-16H2,1-3H3,(H,31,34)/t19-,20+,22-,23-,28?,32?/m1/s1. The van der Waals surface area contributed by atoms with Crippen molar-refractivity contribution in [2.24, 2.45) is 5.92 Å². The molecule has 0 aliphatic carbocycles. The van der Waals surface area contributed by atoms with Crippen LogP contribution in [0, 0.1) is 5.92 Å². The van der Waals surface area contributed by atoms with Crippen LogP contribution >= 0.6 is 11.8 Å². The quantitative estimate of drug-likeness (QED) is 0.442. The Morgan fingerprint density at radius 3 is 2.36 bits per heavy atom. The molecule has 0 saturated carbocycles. The molecule has 1 N–H and O–H groups in total. The largest absolute Gasteiger partial charge is 0.600 e. The van der Waals surface area contributed by atoms with Crippen molar-refractivity contribution in [2.45, 2.75) is 57.1 Å². The van der Waals surface area contributed by atoms with E-state index in [0.29, 0.717) is 17.9 Å². The normalized spacial score (nSPS) is 28.8. The number of rotatable bonds is 10. The zero-order valence-corrected chi connectivity index (χ0v) is 23.1. The number of thioether (sulfide) groups is 1. The number of carbonyl (C=O) groups is 4. The maximum Gasteiger partial charge on any atom is 0.587 e. The summed E-state index contributed by atoms with van der Waals surface area (Å²) in [5.41, 5.74) is 0.986. The van der Waals surface area contributed by atoms with Gasteiger partial charge in [0.15, 0.2) is 17.9 Å². The van der Waals surface area contributed by atoms with E-state index in [9.17, 15) is 19.2 Å². The van der Waals surface area contributed by atoms with E-state index >= 15 is 0 Å². The summed E-state index contributed by atoms with van der Waals surface area (Å²) in [6, 6.07) is 7.53. The number of quaternary nitrogens is 1. The van der Waals surface area contributed by atoms with E-state index in [1.165, 1.54) is 18.6 Å². The summed E-state index contributed by atoms with van der Waals surface area (Å²) in [5.74, 6) is -0.788. The molecule has 4 atom stereocenters. The molecule has 3 fully saturated rings. The minimum atomic E-state index is -2.47. The summed E-state index contributed by atoms with van der Waals surface area (Å²) in [7, 11) is 1.87. The van der Waals surface area contributed by atoms with E-state index in [4.69, 9.17) is 9.31 Å². The van der Waals surface area contributed by atoms with Crippen molar-refractivity contribution in [3.8, 4) is 0 Å². The molecule has 4 heterocycles. The molecule has 3 saturated heterocycles. The number of hydrogen-bond donors (Lipinski definition) is 1. The number of nitrogens with one attached hydrogen (secondary N) is 1. The summed E-state index contributed by atoms with van der Waals surface area (Å²) < 4.78 is 12.2. The van der Waals surface area contributed by atoms with E-state index in [-0.39, 0.29) is 46.6 Å². The lowest BCUT2D eigenvalue weighted by Crippen LogP contribution is -2.71. The second kappa shape index (κ2) is 10.7.